The highest BCUT2D eigenvalue weighted by molar-refractivity contribution is 7.79. The third-order valence-corrected chi connectivity index (χ3v) is 5.61. The summed E-state index contributed by atoms with van der Waals surface area (Å²) in [6, 6.07) is 3.27. The van der Waals surface area contributed by atoms with E-state index in [1.54, 1.807) is 12.1 Å². The van der Waals surface area contributed by atoms with Crippen LogP contribution in [0.2, 0.25) is 0 Å². The molecule has 1 aromatic heterocycles. The Morgan fingerprint density at radius 3 is 3.04 bits per heavy atom. The van der Waals surface area contributed by atoms with Crippen LogP contribution in [-0.2, 0) is 17.5 Å². The van der Waals surface area contributed by atoms with Gasteiger partial charge in [0.2, 0.25) is 0 Å². The van der Waals surface area contributed by atoms with Crippen LogP contribution in [0.25, 0.3) is 10.9 Å². The monoisotopic (exact) mass is 356 g/mol. The van der Waals surface area contributed by atoms with Gasteiger partial charge in [0.25, 0.3) is 0 Å². The van der Waals surface area contributed by atoms with Gasteiger partial charge in [-0.3, -0.25) is 4.21 Å². The molecule has 5 nitrogen and oxygen atoms in total. The molecule has 8 heteroatoms. The minimum absolute atomic E-state index is 0.113. The second kappa shape index (κ2) is 6.05. The fraction of sp³-hybridized carbons (Fsp3) is 0.467. The van der Waals surface area contributed by atoms with Crippen molar-refractivity contribution in [1.82, 2.24) is 10.2 Å². The first kappa shape index (κ1) is 16.7. The molecule has 0 bridgehead atoms. The quantitative estimate of drug-likeness (QED) is 0.516. The molecule has 0 radical (unpaired) electrons. The van der Waals surface area contributed by atoms with Crippen LogP contribution >= 0.6 is 11.6 Å². The zero-order valence-corrected chi connectivity index (χ0v) is 14.0. The molecular formula is C15H16ClFN3O2S-. The van der Waals surface area contributed by atoms with Crippen molar-refractivity contribution in [3.8, 4) is 0 Å². The molecule has 0 spiro atoms. The molecule has 1 aliphatic rings. The number of nitrogens with two attached hydrogens (primary N) is 1. The minimum Gasteiger partial charge on any atom is -0.768 e. The molecule has 124 valence electrons. The Morgan fingerprint density at radius 2 is 2.39 bits per heavy atom. The average molecular weight is 357 g/mol. The van der Waals surface area contributed by atoms with Gasteiger partial charge < -0.3 is 10.3 Å². The smallest absolute Gasteiger partial charge is 0.137 e. The number of fused-ring (bicyclic) bond motifs is 3. The van der Waals surface area contributed by atoms with Gasteiger partial charge in [-0.05, 0) is 66.4 Å². The van der Waals surface area contributed by atoms with E-state index in [0.29, 0.717) is 23.7 Å². The summed E-state index contributed by atoms with van der Waals surface area (Å²) in [6.45, 7) is 1.39. The molecule has 2 aromatic rings. The van der Waals surface area contributed by atoms with E-state index in [2.05, 4.69) is 10.2 Å². The van der Waals surface area contributed by atoms with Crippen LogP contribution < -0.4 is 5.73 Å². The van der Waals surface area contributed by atoms with Crippen molar-refractivity contribution in [2.75, 3.05) is 0 Å². The van der Waals surface area contributed by atoms with E-state index < -0.39 is 22.3 Å². The number of rotatable bonds is 4. The Morgan fingerprint density at radius 1 is 1.65 bits per heavy atom. The Labute approximate surface area is 140 Å². The lowest BCUT2D eigenvalue weighted by Crippen LogP contribution is -2.38. The molecule has 0 saturated heterocycles. The summed E-state index contributed by atoms with van der Waals surface area (Å²) in [5, 5.41) is 8.48. The van der Waals surface area contributed by atoms with Crippen LogP contribution in [0.4, 0.5) is 4.39 Å². The zero-order chi connectivity index (χ0) is 16.8. The molecule has 0 aliphatic heterocycles. The van der Waals surface area contributed by atoms with E-state index in [1.807, 2.05) is 0 Å². The predicted molar refractivity (Wildman–Crippen MR) is 85.7 cm³/mol. The van der Waals surface area contributed by atoms with Crippen LogP contribution in [0.3, 0.4) is 0 Å². The lowest BCUT2D eigenvalue weighted by Gasteiger charge is -2.27. The number of alkyl halides is 2. The summed E-state index contributed by atoms with van der Waals surface area (Å²) < 4.78 is 37.5. The molecule has 2 N–H and O–H groups in total. The highest BCUT2D eigenvalue weighted by Gasteiger charge is 2.37. The summed E-state index contributed by atoms with van der Waals surface area (Å²) in [4.78, 5) is 0.200. The number of nitrogens with zero attached hydrogens (tertiary/aromatic N) is 2. The number of halogens is 2. The van der Waals surface area contributed by atoms with Gasteiger partial charge in [0.15, 0.2) is 0 Å². The Kier molecular flexibility index (Phi) is 4.39. The summed E-state index contributed by atoms with van der Waals surface area (Å²) in [6.07, 6.45) is 2.99. The van der Waals surface area contributed by atoms with Crippen molar-refractivity contribution >= 4 is 33.6 Å². The first-order valence-electron chi connectivity index (χ1n) is 7.26. The first-order chi connectivity index (χ1) is 10.8. The second-order valence-electron chi connectivity index (χ2n) is 6.10. The maximum absolute atomic E-state index is 14.6. The van der Waals surface area contributed by atoms with Gasteiger partial charge in [0.05, 0.1) is 11.7 Å². The van der Waals surface area contributed by atoms with Gasteiger partial charge in [-0.1, -0.05) is 0 Å². The molecule has 0 amide bonds. The van der Waals surface area contributed by atoms with E-state index in [-0.39, 0.29) is 17.2 Å². The van der Waals surface area contributed by atoms with E-state index >= 15 is 0 Å². The highest BCUT2D eigenvalue weighted by atomic mass is 35.5. The van der Waals surface area contributed by atoms with Crippen molar-refractivity contribution in [2.24, 2.45) is 5.73 Å². The molecule has 1 aromatic carbocycles. The van der Waals surface area contributed by atoms with Crippen molar-refractivity contribution in [3.63, 3.8) is 0 Å². The summed E-state index contributed by atoms with van der Waals surface area (Å²) in [5.41, 5.74) is 4.97. The molecule has 3 rings (SSSR count). The van der Waals surface area contributed by atoms with E-state index in [0.717, 1.165) is 11.1 Å². The second-order valence-corrected chi connectivity index (χ2v) is 7.47. The largest absolute Gasteiger partial charge is 0.768 e. The van der Waals surface area contributed by atoms with Crippen molar-refractivity contribution in [1.29, 1.82) is 0 Å². The molecule has 0 saturated carbocycles. The standard InChI is InChI=1S/C15H17ClFN3O2S/c1-15(17,14(16)18)7-9-3-2-8-6-11(23(21)22)10-4-5-19-20-13(10)12(8)9/h4-6,9,14H,2-3,7,18H2,1H3,(H,21,22)/p-1. The van der Waals surface area contributed by atoms with Crippen LogP contribution in [0.5, 0.6) is 0 Å². The molecule has 23 heavy (non-hydrogen) atoms. The fourth-order valence-electron chi connectivity index (χ4n) is 3.27. The van der Waals surface area contributed by atoms with Gasteiger partial charge >= 0.3 is 0 Å². The molecule has 1 aliphatic carbocycles. The first-order valence-corrected chi connectivity index (χ1v) is 8.77. The predicted octanol–water partition coefficient (Wildman–Crippen LogP) is 2.54. The maximum atomic E-state index is 14.6. The highest BCUT2D eigenvalue weighted by Crippen LogP contribution is 2.44. The number of hydrogen-bond donors (Lipinski definition) is 1. The normalized spacial score (nSPS) is 22.6. The van der Waals surface area contributed by atoms with E-state index in [4.69, 9.17) is 17.3 Å². The van der Waals surface area contributed by atoms with Crippen LogP contribution in [0.1, 0.15) is 36.8 Å². The van der Waals surface area contributed by atoms with E-state index in [9.17, 15) is 13.2 Å². The number of benzene rings is 1. The molecule has 4 atom stereocenters. The Balaban J connectivity index is 2.13. The lowest BCUT2D eigenvalue weighted by molar-refractivity contribution is 0.156. The summed E-state index contributed by atoms with van der Waals surface area (Å²) in [7, 11) is 0. The van der Waals surface area contributed by atoms with Gasteiger partial charge in [-0.25, -0.2) is 4.39 Å². The van der Waals surface area contributed by atoms with Gasteiger partial charge in [-0.15, -0.1) is 11.6 Å². The Bertz CT molecular complexity index is 785. The van der Waals surface area contributed by atoms with Crippen LogP contribution in [-0.4, -0.2) is 30.1 Å². The number of aryl methyl sites for hydroxylation is 1. The minimum atomic E-state index is -2.37. The molecular weight excluding hydrogens is 341 g/mol. The van der Waals surface area contributed by atoms with Crippen molar-refractivity contribution < 1.29 is 13.2 Å². The van der Waals surface area contributed by atoms with Gasteiger partial charge in [-0.2, -0.15) is 10.2 Å². The SMILES string of the molecule is CC(F)(CC1CCc2cc(S(=O)[O-])c3ccnnc3c21)C(N)Cl. The lowest BCUT2D eigenvalue weighted by atomic mass is 9.88. The van der Waals surface area contributed by atoms with E-state index in [1.165, 1.54) is 13.1 Å². The van der Waals surface area contributed by atoms with Crippen molar-refractivity contribution in [3.05, 3.63) is 29.5 Å². The zero-order valence-electron chi connectivity index (χ0n) is 12.5. The summed E-state index contributed by atoms with van der Waals surface area (Å²) in [5.74, 6) is -0.113. The fourth-order valence-corrected chi connectivity index (χ4v) is 3.94. The number of hydrogen-bond acceptors (Lipinski definition) is 5. The van der Waals surface area contributed by atoms with Crippen LogP contribution in [0.15, 0.2) is 23.2 Å². The van der Waals surface area contributed by atoms with Crippen molar-refractivity contribution in [2.45, 2.75) is 48.2 Å². The average Bonchev–Trinajstić information content (AvgIpc) is 2.88. The maximum Gasteiger partial charge on any atom is 0.137 e. The molecule has 0 fully saturated rings. The number of aromatic nitrogens is 2. The summed E-state index contributed by atoms with van der Waals surface area (Å²) >= 11 is 3.39. The van der Waals surface area contributed by atoms with Gasteiger partial charge in [0, 0.05) is 10.3 Å². The topological polar surface area (TPSA) is 91.9 Å². The van der Waals surface area contributed by atoms with Crippen LogP contribution in [0, 0.1) is 0 Å². The third-order valence-electron chi connectivity index (χ3n) is 4.46. The third kappa shape index (κ3) is 2.98. The molecule has 1 heterocycles. The molecule has 4 unspecified atom stereocenters. The van der Waals surface area contributed by atoms with Gasteiger partial charge in [0.1, 0.15) is 11.2 Å². The Hall–Kier alpha value is -1.15.